The fourth-order valence-corrected chi connectivity index (χ4v) is 3.17. The van der Waals surface area contributed by atoms with Crippen molar-refractivity contribution in [3.05, 3.63) is 56.2 Å². The number of unbranched alkanes of at least 4 members (excludes halogenated alkanes) is 2. The van der Waals surface area contributed by atoms with Crippen LogP contribution in [0, 0.1) is 11.8 Å². The van der Waals surface area contributed by atoms with Gasteiger partial charge in [-0.3, -0.25) is 9.78 Å². The normalized spacial score (nSPS) is 10.4. The molecule has 26 heavy (non-hydrogen) atoms. The molecule has 1 aromatic heterocycles. The lowest BCUT2D eigenvalue weighted by Gasteiger charge is -2.02. The van der Waals surface area contributed by atoms with Gasteiger partial charge in [0.2, 0.25) is 0 Å². The number of nitrogens with one attached hydrogen (secondary N) is 1. The maximum absolute atomic E-state index is 12.2. The Morgan fingerprint density at radius 1 is 1.31 bits per heavy atom. The summed E-state index contributed by atoms with van der Waals surface area (Å²) in [5.74, 6) is 5.81. The third kappa shape index (κ3) is 5.97. The van der Waals surface area contributed by atoms with E-state index in [4.69, 9.17) is 0 Å². The number of hydrogen-bond acceptors (Lipinski definition) is 4. The molecule has 0 saturated heterocycles. The zero-order valence-electron chi connectivity index (χ0n) is 14.1. The number of aromatic nitrogens is 1. The van der Waals surface area contributed by atoms with Gasteiger partial charge in [0, 0.05) is 24.4 Å². The summed E-state index contributed by atoms with van der Waals surface area (Å²) in [5.41, 5.74) is 4.24. The van der Waals surface area contributed by atoms with Crippen molar-refractivity contribution in [1.82, 2.24) is 10.4 Å². The van der Waals surface area contributed by atoms with Crippen LogP contribution < -0.4 is 5.43 Å². The van der Waals surface area contributed by atoms with Gasteiger partial charge in [-0.1, -0.05) is 25.2 Å². The summed E-state index contributed by atoms with van der Waals surface area (Å²) in [6.07, 6.45) is 7.56. The van der Waals surface area contributed by atoms with Crippen LogP contribution in [0.2, 0.25) is 0 Å². The molecule has 0 unspecified atom stereocenters. The topological polar surface area (TPSA) is 74.6 Å². The average Bonchev–Trinajstić information content (AvgIpc) is 2.63. The second kappa shape index (κ2) is 10.1. The molecular formula is C19H17Br2N3O2. The van der Waals surface area contributed by atoms with Crippen LogP contribution in [0.5, 0.6) is 5.75 Å². The first-order valence-electron chi connectivity index (χ1n) is 7.96. The van der Waals surface area contributed by atoms with Crippen molar-refractivity contribution in [2.24, 2.45) is 5.10 Å². The van der Waals surface area contributed by atoms with Gasteiger partial charge in [0.05, 0.1) is 20.7 Å². The number of halogens is 2. The fourth-order valence-electron chi connectivity index (χ4n) is 1.95. The van der Waals surface area contributed by atoms with Gasteiger partial charge < -0.3 is 5.11 Å². The average molecular weight is 479 g/mol. The quantitative estimate of drug-likeness (QED) is 0.285. The number of phenols is 1. The number of amides is 1. The number of aromatic hydroxyl groups is 1. The molecule has 0 radical (unpaired) electrons. The Labute approximate surface area is 169 Å². The van der Waals surface area contributed by atoms with Gasteiger partial charge in [0.1, 0.15) is 5.75 Å². The third-order valence-electron chi connectivity index (χ3n) is 3.31. The first-order chi connectivity index (χ1) is 12.5. The van der Waals surface area contributed by atoms with Crippen molar-refractivity contribution in [2.45, 2.75) is 26.2 Å². The third-order valence-corrected chi connectivity index (χ3v) is 4.52. The van der Waals surface area contributed by atoms with E-state index in [2.05, 4.69) is 66.1 Å². The fraction of sp³-hybridized carbons (Fsp3) is 0.211. The van der Waals surface area contributed by atoms with Crippen molar-refractivity contribution < 1.29 is 9.90 Å². The summed E-state index contributed by atoms with van der Waals surface area (Å²) in [5, 5.41) is 13.6. The van der Waals surface area contributed by atoms with Crippen molar-refractivity contribution >= 4 is 44.0 Å². The molecule has 0 bridgehead atoms. The van der Waals surface area contributed by atoms with Gasteiger partial charge in [-0.25, -0.2) is 5.43 Å². The Hall–Kier alpha value is -2.17. The smallest absolute Gasteiger partial charge is 0.272 e. The molecule has 1 aromatic carbocycles. The lowest BCUT2D eigenvalue weighted by Crippen LogP contribution is -2.18. The van der Waals surface area contributed by atoms with Gasteiger partial charge in [0.15, 0.2) is 0 Å². The summed E-state index contributed by atoms with van der Waals surface area (Å²) in [4.78, 5) is 16.2. The number of carbonyl (C=O) groups is 1. The highest BCUT2D eigenvalue weighted by Crippen LogP contribution is 2.32. The van der Waals surface area contributed by atoms with E-state index in [0.717, 1.165) is 19.3 Å². The molecule has 2 rings (SSSR count). The van der Waals surface area contributed by atoms with E-state index in [0.29, 0.717) is 25.6 Å². The highest BCUT2D eigenvalue weighted by atomic mass is 79.9. The molecular weight excluding hydrogens is 462 g/mol. The minimum Gasteiger partial charge on any atom is -0.506 e. The van der Waals surface area contributed by atoms with Crippen LogP contribution in [0.25, 0.3) is 0 Å². The van der Waals surface area contributed by atoms with Crippen LogP contribution in [-0.4, -0.2) is 22.2 Å². The number of phenolic OH excluding ortho intramolecular Hbond substituents is 1. The van der Waals surface area contributed by atoms with E-state index in [1.54, 1.807) is 24.4 Å². The largest absolute Gasteiger partial charge is 0.506 e. The first-order valence-corrected chi connectivity index (χ1v) is 9.55. The molecule has 2 N–H and O–H groups in total. The summed E-state index contributed by atoms with van der Waals surface area (Å²) in [6.45, 7) is 2.12. The lowest BCUT2D eigenvalue weighted by atomic mass is 10.2. The molecule has 1 heterocycles. The predicted molar refractivity (Wildman–Crippen MR) is 109 cm³/mol. The molecule has 1 amide bonds. The lowest BCUT2D eigenvalue weighted by molar-refractivity contribution is 0.0954. The van der Waals surface area contributed by atoms with Crippen LogP contribution in [0.3, 0.4) is 0 Å². The van der Waals surface area contributed by atoms with Crippen LogP contribution in [0.4, 0.5) is 0 Å². The Balaban J connectivity index is 2.02. The maximum atomic E-state index is 12.2. The second-order valence-corrected chi connectivity index (χ2v) is 7.11. The summed E-state index contributed by atoms with van der Waals surface area (Å²) >= 11 is 6.49. The molecule has 0 fully saturated rings. The molecule has 0 spiro atoms. The van der Waals surface area contributed by atoms with Gasteiger partial charge in [-0.2, -0.15) is 5.10 Å². The molecule has 134 valence electrons. The molecule has 0 saturated carbocycles. The number of nitrogens with zero attached hydrogens (tertiary/aromatic N) is 2. The van der Waals surface area contributed by atoms with E-state index in [1.807, 2.05) is 0 Å². The van der Waals surface area contributed by atoms with Gasteiger partial charge in [-0.15, -0.1) is 0 Å². The van der Waals surface area contributed by atoms with E-state index < -0.39 is 0 Å². The number of hydrogen-bond donors (Lipinski definition) is 2. The Morgan fingerprint density at radius 3 is 2.73 bits per heavy atom. The Kier molecular flexibility index (Phi) is 7.82. The predicted octanol–water partition coefficient (Wildman–Crippen LogP) is 4.62. The van der Waals surface area contributed by atoms with Crippen LogP contribution >= 0.6 is 31.9 Å². The standard InChI is InChI=1S/C19H17Br2N3O2/c1-2-3-4-5-6-13-7-15(12-22-10-13)19(26)24-23-11-14-8-16(20)18(25)17(21)9-14/h7-12,25H,2-4H2,1H3,(H,24,26). The van der Waals surface area contributed by atoms with Gasteiger partial charge in [0.25, 0.3) is 5.91 Å². The molecule has 5 nitrogen and oxygen atoms in total. The van der Waals surface area contributed by atoms with E-state index in [1.165, 1.54) is 12.4 Å². The number of carbonyl (C=O) groups excluding carboxylic acids is 1. The van der Waals surface area contributed by atoms with Crippen LogP contribution in [0.1, 0.15) is 47.7 Å². The van der Waals surface area contributed by atoms with Crippen LogP contribution in [0.15, 0.2) is 44.6 Å². The van der Waals surface area contributed by atoms with E-state index in [9.17, 15) is 9.90 Å². The van der Waals surface area contributed by atoms with Crippen molar-refractivity contribution in [1.29, 1.82) is 0 Å². The van der Waals surface area contributed by atoms with Crippen LogP contribution in [-0.2, 0) is 0 Å². The zero-order valence-corrected chi connectivity index (χ0v) is 17.3. The molecule has 0 aliphatic heterocycles. The summed E-state index contributed by atoms with van der Waals surface area (Å²) in [6, 6.07) is 5.05. The highest BCUT2D eigenvalue weighted by Gasteiger charge is 2.06. The first kappa shape index (κ1) is 20.1. The van der Waals surface area contributed by atoms with E-state index in [-0.39, 0.29) is 11.7 Å². The molecule has 0 aliphatic rings. The maximum Gasteiger partial charge on any atom is 0.272 e. The van der Waals surface area contributed by atoms with E-state index >= 15 is 0 Å². The van der Waals surface area contributed by atoms with Gasteiger partial charge >= 0.3 is 0 Å². The molecule has 0 aliphatic carbocycles. The Morgan fingerprint density at radius 2 is 2.04 bits per heavy atom. The summed E-state index contributed by atoms with van der Waals surface area (Å²) < 4.78 is 1.05. The minimum absolute atomic E-state index is 0.106. The van der Waals surface area contributed by atoms with Crippen molar-refractivity contribution in [3.63, 3.8) is 0 Å². The van der Waals surface area contributed by atoms with Crippen molar-refractivity contribution in [2.75, 3.05) is 0 Å². The SMILES string of the molecule is CCCCC#Cc1cncc(C(=O)NN=Cc2cc(Br)c(O)c(Br)c2)c1. The zero-order chi connectivity index (χ0) is 18.9. The number of benzene rings is 1. The number of rotatable bonds is 5. The minimum atomic E-state index is -0.372. The molecule has 7 heteroatoms. The molecule has 2 aromatic rings. The number of hydrazone groups is 1. The molecule has 0 atom stereocenters. The van der Waals surface area contributed by atoms with Crippen molar-refractivity contribution in [3.8, 4) is 17.6 Å². The number of pyridine rings is 1. The Bertz CT molecular complexity index is 863. The second-order valence-electron chi connectivity index (χ2n) is 5.40. The highest BCUT2D eigenvalue weighted by molar-refractivity contribution is 9.11. The summed E-state index contributed by atoms with van der Waals surface area (Å²) in [7, 11) is 0. The van der Waals surface area contributed by atoms with Gasteiger partial charge in [-0.05, 0) is 62.0 Å². The monoisotopic (exact) mass is 477 g/mol.